The molecule has 1 aliphatic carbocycles. The molecule has 0 spiro atoms. The van der Waals surface area contributed by atoms with E-state index in [1.165, 1.54) is 18.4 Å². The lowest BCUT2D eigenvalue weighted by Crippen LogP contribution is -2.21. The number of ether oxygens (including phenoxy) is 1. The van der Waals surface area contributed by atoms with Gasteiger partial charge in [-0.1, -0.05) is 25.0 Å². The van der Waals surface area contributed by atoms with Crippen LogP contribution >= 0.6 is 0 Å². The van der Waals surface area contributed by atoms with Crippen molar-refractivity contribution in [1.82, 2.24) is 0 Å². The van der Waals surface area contributed by atoms with E-state index in [1.807, 2.05) is 12.1 Å². The molecule has 1 amide bonds. The first-order valence-electron chi connectivity index (χ1n) is 6.90. The third-order valence-electron chi connectivity index (χ3n) is 3.92. The van der Waals surface area contributed by atoms with E-state index in [1.54, 1.807) is 0 Å². The number of carbonyl (C=O) groups is 1. The zero-order valence-electron chi connectivity index (χ0n) is 10.6. The topological polar surface area (TPSA) is 38.3 Å². The highest BCUT2D eigenvalue weighted by atomic mass is 16.5. The molecule has 1 aromatic rings. The smallest absolute Gasteiger partial charge is 0.227 e. The van der Waals surface area contributed by atoms with E-state index in [-0.39, 0.29) is 11.8 Å². The monoisotopic (exact) mass is 245 g/mol. The average molecular weight is 245 g/mol. The van der Waals surface area contributed by atoms with E-state index in [4.69, 9.17) is 4.74 Å². The molecule has 3 heteroatoms. The average Bonchev–Trinajstić information content (AvgIpc) is 2.93. The molecule has 3 rings (SSSR count). The van der Waals surface area contributed by atoms with Crippen LogP contribution in [0.3, 0.4) is 0 Å². The molecule has 1 heterocycles. The standard InChI is InChI=1S/C15H19NO2/c17-15(12-5-1-2-6-12)16-13-9-3-7-11-8-4-10-18-14(11)13/h3,7,9,12H,1-2,4-6,8,10H2,(H,16,17). The Morgan fingerprint density at radius 2 is 2.06 bits per heavy atom. The Bertz CT molecular complexity index is 450. The Kier molecular flexibility index (Phi) is 3.22. The largest absolute Gasteiger partial charge is 0.491 e. The Morgan fingerprint density at radius 1 is 1.22 bits per heavy atom. The summed E-state index contributed by atoms with van der Waals surface area (Å²) >= 11 is 0. The number of fused-ring (bicyclic) bond motifs is 1. The zero-order valence-corrected chi connectivity index (χ0v) is 10.6. The van der Waals surface area contributed by atoms with Gasteiger partial charge in [0.15, 0.2) is 0 Å². The van der Waals surface area contributed by atoms with Crippen molar-refractivity contribution in [3.8, 4) is 5.75 Å². The first-order valence-corrected chi connectivity index (χ1v) is 6.90. The van der Waals surface area contributed by atoms with Crippen molar-refractivity contribution in [2.75, 3.05) is 11.9 Å². The van der Waals surface area contributed by atoms with Crippen LogP contribution in [0.15, 0.2) is 18.2 Å². The third kappa shape index (κ3) is 2.22. The molecule has 0 saturated heterocycles. The predicted molar refractivity (Wildman–Crippen MR) is 70.8 cm³/mol. The molecule has 18 heavy (non-hydrogen) atoms. The van der Waals surface area contributed by atoms with E-state index in [0.717, 1.165) is 43.7 Å². The van der Waals surface area contributed by atoms with Crippen molar-refractivity contribution < 1.29 is 9.53 Å². The number of nitrogens with one attached hydrogen (secondary N) is 1. The van der Waals surface area contributed by atoms with Gasteiger partial charge < -0.3 is 10.1 Å². The third-order valence-corrected chi connectivity index (χ3v) is 3.92. The molecule has 0 radical (unpaired) electrons. The summed E-state index contributed by atoms with van der Waals surface area (Å²) in [5.41, 5.74) is 2.06. The first kappa shape index (κ1) is 11.6. The van der Waals surface area contributed by atoms with Gasteiger partial charge in [-0.3, -0.25) is 4.79 Å². The minimum absolute atomic E-state index is 0.162. The highest BCUT2D eigenvalue weighted by molar-refractivity contribution is 5.94. The van der Waals surface area contributed by atoms with Gasteiger partial charge in [-0.2, -0.15) is 0 Å². The van der Waals surface area contributed by atoms with Crippen LogP contribution in [-0.2, 0) is 11.2 Å². The van der Waals surface area contributed by atoms with Crippen molar-refractivity contribution in [3.63, 3.8) is 0 Å². The molecule has 0 atom stereocenters. The molecule has 1 saturated carbocycles. The van der Waals surface area contributed by atoms with Crippen LogP contribution in [0.2, 0.25) is 0 Å². The van der Waals surface area contributed by atoms with Gasteiger partial charge in [-0.15, -0.1) is 0 Å². The van der Waals surface area contributed by atoms with Gasteiger partial charge in [0, 0.05) is 5.92 Å². The van der Waals surface area contributed by atoms with Crippen molar-refractivity contribution in [2.24, 2.45) is 5.92 Å². The fourth-order valence-electron chi connectivity index (χ4n) is 2.91. The number of para-hydroxylation sites is 1. The van der Waals surface area contributed by atoms with E-state index >= 15 is 0 Å². The van der Waals surface area contributed by atoms with Gasteiger partial charge in [-0.25, -0.2) is 0 Å². The molecule has 0 aromatic heterocycles. The fourth-order valence-corrected chi connectivity index (χ4v) is 2.91. The Labute approximate surface area is 108 Å². The number of aryl methyl sites for hydroxylation is 1. The number of amides is 1. The van der Waals surface area contributed by atoms with Crippen LogP contribution in [0.1, 0.15) is 37.7 Å². The van der Waals surface area contributed by atoms with E-state index in [0.29, 0.717) is 0 Å². The lowest BCUT2D eigenvalue weighted by Gasteiger charge is -2.21. The highest BCUT2D eigenvalue weighted by Gasteiger charge is 2.24. The maximum atomic E-state index is 12.1. The summed E-state index contributed by atoms with van der Waals surface area (Å²) in [7, 11) is 0. The second kappa shape index (κ2) is 5.01. The SMILES string of the molecule is O=C(Nc1cccc2c1OCCC2)C1CCCC1. The molecule has 1 aromatic carbocycles. The van der Waals surface area contributed by atoms with E-state index in [2.05, 4.69) is 11.4 Å². The van der Waals surface area contributed by atoms with Crippen molar-refractivity contribution >= 4 is 11.6 Å². The second-order valence-electron chi connectivity index (χ2n) is 5.22. The number of rotatable bonds is 2. The normalized spacial score (nSPS) is 19.1. The fraction of sp³-hybridized carbons (Fsp3) is 0.533. The number of hydrogen-bond acceptors (Lipinski definition) is 2. The van der Waals surface area contributed by atoms with Gasteiger partial charge in [0.1, 0.15) is 5.75 Å². The number of anilines is 1. The molecule has 1 aliphatic heterocycles. The van der Waals surface area contributed by atoms with Crippen LogP contribution < -0.4 is 10.1 Å². The first-order chi connectivity index (χ1) is 8.84. The molecule has 0 unspecified atom stereocenters. The van der Waals surface area contributed by atoms with Crippen molar-refractivity contribution in [3.05, 3.63) is 23.8 Å². The molecule has 1 fully saturated rings. The van der Waals surface area contributed by atoms with Crippen molar-refractivity contribution in [1.29, 1.82) is 0 Å². The van der Waals surface area contributed by atoms with Crippen LogP contribution in [0.25, 0.3) is 0 Å². The van der Waals surface area contributed by atoms with Gasteiger partial charge in [0.25, 0.3) is 0 Å². The number of hydrogen-bond donors (Lipinski definition) is 1. The summed E-state index contributed by atoms with van der Waals surface area (Å²) in [5, 5.41) is 3.05. The highest BCUT2D eigenvalue weighted by Crippen LogP contribution is 2.34. The quantitative estimate of drug-likeness (QED) is 0.869. The van der Waals surface area contributed by atoms with Crippen LogP contribution in [0.5, 0.6) is 5.75 Å². The maximum absolute atomic E-state index is 12.1. The summed E-state index contributed by atoms with van der Waals surface area (Å²) in [6.07, 6.45) is 6.53. The lowest BCUT2D eigenvalue weighted by molar-refractivity contribution is -0.119. The Hall–Kier alpha value is -1.51. The van der Waals surface area contributed by atoms with E-state index < -0.39 is 0 Å². The molecular formula is C15H19NO2. The maximum Gasteiger partial charge on any atom is 0.227 e. The van der Waals surface area contributed by atoms with Gasteiger partial charge in [0.05, 0.1) is 12.3 Å². The van der Waals surface area contributed by atoms with Crippen LogP contribution in [0, 0.1) is 5.92 Å². The number of carbonyl (C=O) groups excluding carboxylic acids is 1. The molecule has 3 nitrogen and oxygen atoms in total. The second-order valence-corrected chi connectivity index (χ2v) is 5.22. The summed E-state index contributed by atoms with van der Waals surface area (Å²) < 4.78 is 5.70. The lowest BCUT2D eigenvalue weighted by atomic mass is 10.0. The Balaban J connectivity index is 1.77. The molecular weight excluding hydrogens is 226 g/mol. The minimum Gasteiger partial charge on any atom is -0.491 e. The summed E-state index contributed by atoms with van der Waals surface area (Å²) in [5.74, 6) is 1.25. The summed E-state index contributed by atoms with van der Waals surface area (Å²) in [6, 6.07) is 6.02. The molecule has 1 N–H and O–H groups in total. The predicted octanol–water partition coefficient (Wildman–Crippen LogP) is 3.14. The Morgan fingerprint density at radius 3 is 2.89 bits per heavy atom. The van der Waals surface area contributed by atoms with Gasteiger partial charge in [-0.05, 0) is 37.3 Å². The van der Waals surface area contributed by atoms with Gasteiger partial charge >= 0.3 is 0 Å². The number of benzene rings is 1. The van der Waals surface area contributed by atoms with Crippen LogP contribution in [-0.4, -0.2) is 12.5 Å². The minimum atomic E-state index is 0.162. The molecule has 2 aliphatic rings. The van der Waals surface area contributed by atoms with Crippen molar-refractivity contribution in [2.45, 2.75) is 38.5 Å². The molecule has 0 bridgehead atoms. The van der Waals surface area contributed by atoms with Crippen LogP contribution in [0.4, 0.5) is 5.69 Å². The summed E-state index contributed by atoms with van der Waals surface area (Å²) in [6.45, 7) is 0.753. The summed E-state index contributed by atoms with van der Waals surface area (Å²) in [4.78, 5) is 12.1. The molecule has 96 valence electrons. The van der Waals surface area contributed by atoms with E-state index in [9.17, 15) is 4.79 Å². The van der Waals surface area contributed by atoms with Gasteiger partial charge in [0.2, 0.25) is 5.91 Å². The zero-order chi connectivity index (χ0) is 12.4.